The van der Waals surface area contributed by atoms with Gasteiger partial charge in [-0.1, -0.05) is 11.8 Å². The molecule has 0 bridgehead atoms. The van der Waals surface area contributed by atoms with Crippen LogP contribution in [0, 0.1) is 0 Å². The smallest absolute Gasteiger partial charge is 0.305 e. The van der Waals surface area contributed by atoms with E-state index in [1.54, 1.807) is 11.6 Å². The molecule has 9 heteroatoms. The van der Waals surface area contributed by atoms with Gasteiger partial charge in [0.25, 0.3) is 0 Å². The van der Waals surface area contributed by atoms with Crippen LogP contribution >= 0.6 is 11.8 Å². The van der Waals surface area contributed by atoms with Crippen LogP contribution in [0.2, 0.25) is 0 Å². The summed E-state index contributed by atoms with van der Waals surface area (Å²) >= 11 is 1.33. The van der Waals surface area contributed by atoms with E-state index in [4.69, 9.17) is 4.74 Å². The second kappa shape index (κ2) is 7.96. The molecule has 1 N–H and O–H groups in total. The summed E-state index contributed by atoms with van der Waals surface area (Å²) in [5.74, 6) is -0.0501. The first-order valence-electron chi connectivity index (χ1n) is 7.03. The second-order valence-corrected chi connectivity index (χ2v) is 5.63. The number of rotatable bonds is 9. The number of hydrogen-bond acceptors (Lipinski definition) is 7. The Morgan fingerprint density at radius 1 is 1.48 bits per heavy atom. The number of hydrogen-bond donors (Lipinski definition) is 1. The number of nitrogens with one attached hydrogen (secondary N) is 1. The van der Waals surface area contributed by atoms with Gasteiger partial charge in [0.05, 0.1) is 18.4 Å². The van der Waals surface area contributed by atoms with Crippen molar-refractivity contribution in [2.75, 3.05) is 18.9 Å². The quantitative estimate of drug-likeness (QED) is 0.404. The normalized spacial score (nSPS) is 14.0. The number of nitrogens with zero attached hydrogens (tertiary/aromatic N) is 4. The first kappa shape index (κ1) is 15.7. The zero-order valence-electron chi connectivity index (χ0n) is 11.9. The zero-order valence-corrected chi connectivity index (χ0v) is 12.8. The van der Waals surface area contributed by atoms with Crippen molar-refractivity contribution in [2.45, 2.75) is 43.8 Å². The molecule has 0 aromatic carbocycles. The van der Waals surface area contributed by atoms with E-state index in [1.165, 1.54) is 11.8 Å². The van der Waals surface area contributed by atoms with E-state index in [0.29, 0.717) is 37.2 Å². The molecule has 1 fully saturated rings. The maximum atomic E-state index is 11.7. The van der Waals surface area contributed by atoms with Gasteiger partial charge in [0.15, 0.2) is 0 Å². The van der Waals surface area contributed by atoms with E-state index in [-0.39, 0.29) is 17.6 Å². The third-order valence-corrected chi connectivity index (χ3v) is 3.81. The molecule has 0 saturated heterocycles. The van der Waals surface area contributed by atoms with Crippen molar-refractivity contribution in [3.8, 4) is 0 Å². The number of tetrazole rings is 1. The van der Waals surface area contributed by atoms with Crippen molar-refractivity contribution in [3.05, 3.63) is 0 Å². The van der Waals surface area contributed by atoms with Crippen molar-refractivity contribution in [3.63, 3.8) is 0 Å². The van der Waals surface area contributed by atoms with Crippen LogP contribution in [0.3, 0.4) is 0 Å². The van der Waals surface area contributed by atoms with E-state index in [0.717, 1.165) is 12.8 Å². The molecule has 0 aliphatic heterocycles. The predicted octanol–water partition coefficient (Wildman–Crippen LogP) is 0.560. The van der Waals surface area contributed by atoms with Crippen LogP contribution in [0.15, 0.2) is 5.16 Å². The molecular weight excluding hydrogens is 294 g/mol. The van der Waals surface area contributed by atoms with Gasteiger partial charge < -0.3 is 10.1 Å². The highest BCUT2D eigenvalue weighted by atomic mass is 32.2. The molecule has 1 aliphatic carbocycles. The van der Waals surface area contributed by atoms with Crippen LogP contribution in [0.5, 0.6) is 0 Å². The lowest BCUT2D eigenvalue weighted by Crippen LogP contribution is -2.26. The number of amides is 1. The Morgan fingerprint density at radius 2 is 2.29 bits per heavy atom. The van der Waals surface area contributed by atoms with Crippen LogP contribution in [0.25, 0.3) is 0 Å². The summed E-state index contributed by atoms with van der Waals surface area (Å²) in [5.41, 5.74) is 0. The molecule has 1 aromatic heterocycles. The zero-order chi connectivity index (χ0) is 15.1. The summed E-state index contributed by atoms with van der Waals surface area (Å²) in [6, 6.07) is 0.398. The van der Waals surface area contributed by atoms with Gasteiger partial charge in [-0.25, -0.2) is 4.68 Å². The highest BCUT2D eigenvalue weighted by molar-refractivity contribution is 7.99. The second-order valence-electron chi connectivity index (χ2n) is 4.68. The number of thioether (sulfide) groups is 1. The SMILES string of the molecule is CCOC(=O)CCCNC(=O)CSc1nnnn1C1CC1. The molecule has 0 unspecified atom stereocenters. The minimum Gasteiger partial charge on any atom is -0.466 e. The standard InChI is InChI=1S/C12H19N5O3S/c1-2-20-11(19)4-3-7-13-10(18)8-21-12-14-15-16-17(12)9-5-6-9/h9H,2-8H2,1H3,(H,13,18). The average molecular weight is 313 g/mol. The predicted molar refractivity (Wildman–Crippen MR) is 75.7 cm³/mol. The van der Waals surface area contributed by atoms with E-state index in [1.807, 2.05) is 0 Å². The van der Waals surface area contributed by atoms with Gasteiger partial charge in [0.1, 0.15) is 0 Å². The van der Waals surface area contributed by atoms with Gasteiger partial charge >= 0.3 is 5.97 Å². The minimum absolute atomic E-state index is 0.0887. The molecular formula is C12H19N5O3S. The summed E-state index contributed by atoms with van der Waals surface area (Å²) in [7, 11) is 0. The third-order valence-electron chi connectivity index (χ3n) is 2.87. The largest absolute Gasteiger partial charge is 0.466 e. The molecule has 116 valence electrons. The number of esters is 1. The molecule has 21 heavy (non-hydrogen) atoms. The van der Waals surface area contributed by atoms with Gasteiger partial charge in [-0.2, -0.15) is 0 Å². The van der Waals surface area contributed by atoms with E-state index >= 15 is 0 Å². The maximum absolute atomic E-state index is 11.7. The Hall–Kier alpha value is -1.64. The average Bonchev–Trinajstić information content (AvgIpc) is 3.20. The molecule has 1 amide bonds. The van der Waals surface area contributed by atoms with E-state index in [9.17, 15) is 9.59 Å². The number of carbonyl (C=O) groups excluding carboxylic acids is 2. The molecule has 1 heterocycles. The summed E-state index contributed by atoms with van der Waals surface area (Å²) in [6.07, 6.45) is 3.09. The molecule has 1 aliphatic rings. The summed E-state index contributed by atoms with van der Waals surface area (Å²) in [5, 5.41) is 14.9. The van der Waals surface area contributed by atoms with E-state index < -0.39 is 0 Å². The van der Waals surface area contributed by atoms with Crippen LogP contribution < -0.4 is 5.32 Å². The van der Waals surface area contributed by atoms with Gasteiger partial charge in [0, 0.05) is 13.0 Å². The summed E-state index contributed by atoms with van der Waals surface area (Å²) < 4.78 is 6.58. The molecule has 1 aromatic rings. The van der Waals surface area contributed by atoms with Crippen LogP contribution in [0.1, 0.15) is 38.6 Å². The Bertz CT molecular complexity index is 489. The highest BCUT2D eigenvalue weighted by Crippen LogP contribution is 2.36. The molecule has 2 rings (SSSR count). The lowest BCUT2D eigenvalue weighted by molar-refractivity contribution is -0.143. The number of carbonyl (C=O) groups is 2. The Morgan fingerprint density at radius 3 is 3.00 bits per heavy atom. The molecule has 1 saturated carbocycles. The monoisotopic (exact) mass is 313 g/mol. The Kier molecular flexibility index (Phi) is 5.97. The van der Waals surface area contributed by atoms with Gasteiger partial charge in [-0.15, -0.1) is 5.10 Å². The van der Waals surface area contributed by atoms with Gasteiger partial charge in [0.2, 0.25) is 11.1 Å². The van der Waals surface area contributed by atoms with E-state index in [2.05, 4.69) is 20.8 Å². The van der Waals surface area contributed by atoms with Crippen LogP contribution in [-0.4, -0.2) is 51.0 Å². The summed E-state index contributed by atoms with van der Waals surface area (Å²) in [4.78, 5) is 22.8. The number of aromatic nitrogens is 4. The topological polar surface area (TPSA) is 99.0 Å². The van der Waals surface area contributed by atoms with Crippen molar-refractivity contribution in [1.82, 2.24) is 25.5 Å². The molecule has 0 atom stereocenters. The summed E-state index contributed by atoms with van der Waals surface area (Å²) in [6.45, 7) is 2.62. The molecule has 0 radical (unpaired) electrons. The fourth-order valence-electron chi connectivity index (χ4n) is 1.70. The highest BCUT2D eigenvalue weighted by Gasteiger charge is 2.28. The fourth-order valence-corrected chi connectivity index (χ4v) is 2.48. The van der Waals surface area contributed by atoms with Crippen LogP contribution in [-0.2, 0) is 14.3 Å². The van der Waals surface area contributed by atoms with Crippen molar-refractivity contribution >= 4 is 23.6 Å². The Labute approximate surface area is 127 Å². The van der Waals surface area contributed by atoms with Gasteiger partial charge in [-0.3, -0.25) is 9.59 Å². The third kappa shape index (κ3) is 5.33. The number of ether oxygens (including phenoxy) is 1. The Balaban J connectivity index is 1.59. The van der Waals surface area contributed by atoms with Crippen molar-refractivity contribution < 1.29 is 14.3 Å². The van der Waals surface area contributed by atoms with Crippen molar-refractivity contribution in [2.24, 2.45) is 0 Å². The first-order chi connectivity index (χ1) is 10.2. The molecule has 0 spiro atoms. The maximum Gasteiger partial charge on any atom is 0.305 e. The van der Waals surface area contributed by atoms with Crippen molar-refractivity contribution in [1.29, 1.82) is 0 Å². The van der Waals surface area contributed by atoms with Crippen LogP contribution in [0.4, 0.5) is 0 Å². The first-order valence-corrected chi connectivity index (χ1v) is 8.02. The van der Waals surface area contributed by atoms with Gasteiger partial charge in [-0.05, 0) is 36.6 Å². The minimum atomic E-state index is -0.232. The fraction of sp³-hybridized carbons (Fsp3) is 0.750. The lowest BCUT2D eigenvalue weighted by Gasteiger charge is -2.05. The lowest BCUT2D eigenvalue weighted by atomic mass is 10.3. The molecule has 8 nitrogen and oxygen atoms in total.